The minimum Gasteiger partial charge on any atom is -0.372 e. The zero-order valence-electron chi connectivity index (χ0n) is 9.55. The molecule has 15 heavy (non-hydrogen) atoms. The maximum absolute atomic E-state index is 11.2. The molecule has 0 aromatic carbocycles. The third-order valence-corrected chi connectivity index (χ3v) is 2.26. The zero-order valence-corrected chi connectivity index (χ0v) is 9.55. The summed E-state index contributed by atoms with van der Waals surface area (Å²) in [7, 11) is 3.46. The third-order valence-electron chi connectivity index (χ3n) is 2.26. The number of hydrogen-bond donors (Lipinski definition) is 2. The Morgan fingerprint density at radius 2 is 2.20 bits per heavy atom. The monoisotopic (exact) mass is 212 g/mol. The third kappa shape index (κ3) is 4.67. The molecule has 1 heterocycles. The summed E-state index contributed by atoms with van der Waals surface area (Å²) < 4.78 is 0. The van der Waals surface area contributed by atoms with Crippen LogP contribution in [0.25, 0.3) is 0 Å². The molecule has 5 heteroatoms. The summed E-state index contributed by atoms with van der Waals surface area (Å²) >= 11 is 0. The maximum Gasteiger partial charge on any atom is 0.316 e. The predicted molar refractivity (Wildman–Crippen MR) is 61.2 cm³/mol. The molecule has 0 spiro atoms. The number of aliphatic imine (C=N–C) groups is 1. The summed E-state index contributed by atoms with van der Waals surface area (Å²) in [5, 5.41) is 6.02. The molecular formula is C10H20N4O. The van der Waals surface area contributed by atoms with Gasteiger partial charge in [0.15, 0.2) is 0 Å². The highest BCUT2D eigenvalue weighted by molar-refractivity contribution is 5.82. The highest BCUT2D eigenvalue weighted by atomic mass is 16.2. The highest BCUT2D eigenvalue weighted by Gasteiger charge is 2.04. The van der Waals surface area contributed by atoms with E-state index >= 15 is 0 Å². The van der Waals surface area contributed by atoms with Gasteiger partial charge >= 0.3 is 6.03 Å². The summed E-state index contributed by atoms with van der Waals surface area (Å²) in [5.41, 5.74) is 0. The van der Waals surface area contributed by atoms with Gasteiger partial charge in [-0.05, 0) is 12.8 Å². The van der Waals surface area contributed by atoms with Gasteiger partial charge in [-0.2, -0.15) is 0 Å². The molecule has 1 aliphatic heterocycles. The first-order chi connectivity index (χ1) is 7.20. The highest BCUT2D eigenvalue weighted by Crippen LogP contribution is 2.03. The van der Waals surface area contributed by atoms with Gasteiger partial charge in [0.25, 0.3) is 0 Å². The molecule has 2 N–H and O–H groups in total. The molecule has 0 unspecified atom stereocenters. The fraction of sp³-hybridized carbons (Fsp3) is 0.800. The number of amides is 2. The van der Waals surface area contributed by atoms with Gasteiger partial charge in [0.1, 0.15) is 0 Å². The first-order valence-corrected chi connectivity index (χ1v) is 5.42. The van der Waals surface area contributed by atoms with E-state index in [1.54, 1.807) is 14.1 Å². The molecule has 0 radical (unpaired) electrons. The molecule has 1 aliphatic rings. The summed E-state index contributed by atoms with van der Waals surface area (Å²) in [5.74, 6) is 1.08. The van der Waals surface area contributed by atoms with Crippen molar-refractivity contribution in [2.24, 2.45) is 4.99 Å². The van der Waals surface area contributed by atoms with Gasteiger partial charge in [0.05, 0.1) is 5.84 Å². The molecule has 0 fully saturated rings. The number of carbonyl (C=O) groups is 1. The number of nitrogens with zero attached hydrogens (tertiary/aromatic N) is 2. The molecule has 5 nitrogen and oxygen atoms in total. The Labute approximate surface area is 90.9 Å². The Hall–Kier alpha value is -1.26. The molecule has 0 saturated carbocycles. The minimum absolute atomic E-state index is 0.0533. The van der Waals surface area contributed by atoms with Crippen molar-refractivity contribution in [1.29, 1.82) is 0 Å². The maximum atomic E-state index is 11.2. The summed E-state index contributed by atoms with van der Waals surface area (Å²) in [4.78, 5) is 17.0. The van der Waals surface area contributed by atoms with E-state index in [-0.39, 0.29) is 6.03 Å². The largest absolute Gasteiger partial charge is 0.372 e. The van der Waals surface area contributed by atoms with Crippen molar-refractivity contribution < 1.29 is 4.79 Å². The van der Waals surface area contributed by atoms with Gasteiger partial charge in [-0.15, -0.1) is 0 Å². The first kappa shape index (κ1) is 11.8. The predicted octanol–water partition coefficient (Wildman–Crippen LogP) is 0.430. The van der Waals surface area contributed by atoms with Crippen LogP contribution in [-0.4, -0.2) is 50.5 Å². The van der Waals surface area contributed by atoms with E-state index in [9.17, 15) is 4.79 Å². The Morgan fingerprint density at radius 3 is 2.80 bits per heavy atom. The second-order valence-electron chi connectivity index (χ2n) is 3.84. The van der Waals surface area contributed by atoms with Crippen LogP contribution in [0.5, 0.6) is 0 Å². The molecule has 0 atom stereocenters. The fourth-order valence-electron chi connectivity index (χ4n) is 1.38. The van der Waals surface area contributed by atoms with E-state index in [4.69, 9.17) is 0 Å². The van der Waals surface area contributed by atoms with Crippen molar-refractivity contribution in [3.63, 3.8) is 0 Å². The Kier molecular flexibility index (Phi) is 4.93. The molecule has 0 aromatic rings. The van der Waals surface area contributed by atoms with Crippen LogP contribution in [0.3, 0.4) is 0 Å². The van der Waals surface area contributed by atoms with Gasteiger partial charge in [-0.1, -0.05) is 0 Å². The lowest BCUT2D eigenvalue weighted by Crippen LogP contribution is -2.39. The molecule has 0 bridgehead atoms. The van der Waals surface area contributed by atoms with E-state index in [1.165, 1.54) is 17.7 Å². The molecule has 86 valence electrons. The van der Waals surface area contributed by atoms with Crippen LogP contribution in [0.1, 0.15) is 19.3 Å². The Morgan fingerprint density at radius 1 is 1.40 bits per heavy atom. The smallest absolute Gasteiger partial charge is 0.316 e. The van der Waals surface area contributed by atoms with Crippen molar-refractivity contribution >= 4 is 11.9 Å². The lowest BCUT2D eigenvalue weighted by Gasteiger charge is -2.15. The van der Waals surface area contributed by atoms with Gasteiger partial charge < -0.3 is 15.5 Å². The molecule has 0 saturated heterocycles. The van der Waals surface area contributed by atoms with Gasteiger partial charge in [0.2, 0.25) is 0 Å². The quantitative estimate of drug-likeness (QED) is 0.667. The normalized spacial score (nSPS) is 15.5. The van der Waals surface area contributed by atoms with Crippen LogP contribution in [-0.2, 0) is 0 Å². The molecule has 1 rings (SSSR count). The lowest BCUT2D eigenvalue weighted by molar-refractivity contribution is 0.217. The molecule has 2 amide bonds. The lowest BCUT2D eigenvalue weighted by atomic mass is 10.2. The van der Waals surface area contributed by atoms with Crippen LogP contribution in [0.2, 0.25) is 0 Å². The average molecular weight is 212 g/mol. The Bertz CT molecular complexity index is 238. The van der Waals surface area contributed by atoms with E-state index in [0.717, 1.165) is 25.3 Å². The molecule has 0 aromatic heterocycles. The van der Waals surface area contributed by atoms with Crippen LogP contribution in [0.15, 0.2) is 4.99 Å². The number of hydrogen-bond acceptors (Lipinski definition) is 3. The number of carbonyl (C=O) groups excluding carboxylic acids is 1. The van der Waals surface area contributed by atoms with Gasteiger partial charge in [0, 0.05) is 40.2 Å². The van der Waals surface area contributed by atoms with Crippen molar-refractivity contribution in [2.45, 2.75) is 19.3 Å². The molecular weight excluding hydrogens is 192 g/mol. The van der Waals surface area contributed by atoms with Crippen LogP contribution in [0, 0.1) is 0 Å². The van der Waals surface area contributed by atoms with E-state index in [2.05, 4.69) is 15.6 Å². The topological polar surface area (TPSA) is 56.7 Å². The van der Waals surface area contributed by atoms with Crippen molar-refractivity contribution in [3.8, 4) is 0 Å². The van der Waals surface area contributed by atoms with Crippen molar-refractivity contribution in [2.75, 3.05) is 33.7 Å². The van der Waals surface area contributed by atoms with Crippen LogP contribution >= 0.6 is 0 Å². The van der Waals surface area contributed by atoms with Gasteiger partial charge in [-0.3, -0.25) is 4.99 Å². The number of amidine groups is 1. The van der Waals surface area contributed by atoms with Gasteiger partial charge in [-0.25, -0.2) is 4.79 Å². The number of rotatable bonds is 3. The fourth-order valence-corrected chi connectivity index (χ4v) is 1.38. The summed E-state index contributed by atoms with van der Waals surface area (Å²) in [6.07, 6.45) is 3.46. The van der Waals surface area contributed by atoms with E-state index in [1.807, 2.05) is 0 Å². The standard InChI is InChI=1S/C10H20N4O/c1-14(2)10(15)13-8-7-12-9-5-3-4-6-11-9/h3-8H2,1-2H3,(H,11,12)(H,13,15). The second kappa shape index (κ2) is 6.27. The number of urea groups is 1. The Balaban J connectivity index is 2.06. The minimum atomic E-state index is -0.0533. The first-order valence-electron chi connectivity index (χ1n) is 5.42. The average Bonchev–Trinajstić information content (AvgIpc) is 2.25. The summed E-state index contributed by atoms with van der Waals surface area (Å²) in [6, 6.07) is -0.0533. The van der Waals surface area contributed by atoms with Crippen molar-refractivity contribution in [1.82, 2.24) is 15.5 Å². The zero-order chi connectivity index (χ0) is 11.1. The number of nitrogens with one attached hydrogen (secondary N) is 2. The SMILES string of the molecule is CN(C)C(=O)NCCNC1=NCCCC1. The van der Waals surface area contributed by atoms with E-state index in [0.29, 0.717) is 6.54 Å². The van der Waals surface area contributed by atoms with Crippen LogP contribution < -0.4 is 10.6 Å². The van der Waals surface area contributed by atoms with E-state index < -0.39 is 0 Å². The summed E-state index contributed by atoms with van der Waals surface area (Å²) in [6.45, 7) is 2.32. The second-order valence-corrected chi connectivity index (χ2v) is 3.84. The molecule has 0 aliphatic carbocycles. The van der Waals surface area contributed by atoms with Crippen molar-refractivity contribution in [3.05, 3.63) is 0 Å². The van der Waals surface area contributed by atoms with Crippen LogP contribution in [0.4, 0.5) is 4.79 Å².